The van der Waals surface area contributed by atoms with Crippen LogP contribution in [-0.2, 0) is 16.2 Å². The minimum absolute atomic E-state index is 0.00893. The van der Waals surface area contributed by atoms with Gasteiger partial charge in [-0.2, -0.15) is 0 Å². The Kier molecular flexibility index (Phi) is 9.80. The van der Waals surface area contributed by atoms with E-state index in [0.29, 0.717) is 0 Å². The summed E-state index contributed by atoms with van der Waals surface area (Å²) in [6.07, 6.45) is 0. The third-order valence-electron chi connectivity index (χ3n) is 15.7. The number of aryl methyl sites for hydroxylation is 3. The second-order valence-corrected chi connectivity index (χ2v) is 22.9. The lowest BCUT2D eigenvalue weighted by Gasteiger charge is -2.45. The van der Waals surface area contributed by atoms with Crippen LogP contribution in [0.3, 0.4) is 0 Å². The van der Waals surface area contributed by atoms with Crippen LogP contribution >= 0.6 is 0 Å². The first kappa shape index (κ1) is 43.9. The second-order valence-electron chi connectivity index (χ2n) is 22.9. The molecule has 9 aromatic carbocycles. The van der Waals surface area contributed by atoms with E-state index >= 15 is 0 Å². The maximum Gasteiger partial charge on any atom is 0.252 e. The molecule has 12 rings (SSSR count). The second kappa shape index (κ2) is 15.6. The zero-order valence-electron chi connectivity index (χ0n) is 42.7. The molecule has 0 saturated carbocycles. The van der Waals surface area contributed by atoms with E-state index in [1.54, 1.807) is 0 Å². The van der Waals surface area contributed by atoms with Crippen LogP contribution in [0, 0.1) is 20.8 Å². The molecular formula is C66H62BN3. The van der Waals surface area contributed by atoms with Gasteiger partial charge in [0, 0.05) is 50.9 Å². The largest absolute Gasteiger partial charge is 0.311 e. The highest BCUT2D eigenvalue weighted by molar-refractivity contribution is 7.00. The molecule has 9 aromatic rings. The lowest BCUT2D eigenvalue weighted by atomic mass is 9.33. The summed E-state index contributed by atoms with van der Waals surface area (Å²) in [6, 6.07) is 66.9. The molecule has 0 amide bonds. The van der Waals surface area contributed by atoms with Gasteiger partial charge in [0.25, 0.3) is 6.71 Å². The summed E-state index contributed by atoms with van der Waals surface area (Å²) in [4.78, 5) is 7.57. The van der Waals surface area contributed by atoms with E-state index in [1.807, 2.05) is 0 Å². The first-order valence-corrected chi connectivity index (χ1v) is 25.2. The van der Waals surface area contributed by atoms with Crippen molar-refractivity contribution < 1.29 is 0 Å². The minimum atomic E-state index is -0.273. The van der Waals surface area contributed by atoms with Crippen molar-refractivity contribution in [3.8, 4) is 11.1 Å². The predicted octanol–water partition coefficient (Wildman–Crippen LogP) is 16.2. The fourth-order valence-corrected chi connectivity index (χ4v) is 12.3. The van der Waals surface area contributed by atoms with E-state index in [9.17, 15) is 0 Å². The molecule has 3 aliphatic rings. The Morgan fingerprint density at radius 2 is 1.07 bits per heavy atom. The van der Waals surface area contributed by atoms with E-state index < -0.39 is 0 Å². The highest BCUT2D eigenvalue weighted by Crippen LogP contribution is 2.55. The van der Waals surface area contributed by atoms with Crippen LogP contribution in [0.2, 0.25) is 0 Å². The molecular weight excluding hydrogens is 846 g/mol. The van der Waals surface area contributed by atoms with Gasteiger partial charge >= 0.3 is 0 Å². The summed E-state index contributed by atoms with van der Waals surface area (Å²) in [5.41, 5.74) is 26.6. The van der Waals surface area contributed by atoms with Gasteiger partial charge in [-0.05, 0) is 182 Å². The van der Waals surface area contributed by atoms with Crippen LogP contribution in [0.5, 0.6) is 0 Å². The molecule has 0 radical (unpaired) electrons. The van der Waals surface area contributed by atoms with Crippen molar-refractivity contribution in [2.45, 2.75) is 92.4 Å². The normalized spacial score (nSPS) is 14.2. The van der Waals surface area contributed by atoms with Crippen LogP contribution in [0.4, 0.5) is 51.2 Å². The van der Waals surface area contributed by atoms with Gasteiger partial charge in [-0.1, -0.05) is 159 Å². The molecule has 0 N–H and O–H groups in total. The zero-order chi connectivity index (χ0) is 48.6. The Hall–Kier alpha value is -7.30. The van der Waals surface area contributed by atoms with Crippen LogP contribution in [0.15, 0.2) is 176 Å². The van der Waals surface area contributed by atoms with Gasteiger partial charge in [-0.3, -0.25) is 0 Å². The number of hydrogen-bond acceptors (Lipinski definition) is 3. The topological polar surface area (TPSA) is 9.72 Å². The van der Waals surface area contributed by atoms with Crippen molar-refractivity contribution in [1.82, 2.24) is 0 Å². The molecule has 4 heteroatoms. The number of hydrogen-bond donors (Lipinski definition) is 0. The van der Waals surface area contributed by atoms with Gasteiger partial charge in [0.05, 0.1) is 5.69 Å². The van der Waals surface area contributed by atoms with Gasteiger partial charge in [0.2, 0.25) is 0 Å². The zero-order valence-corrected chi connectivity index (χ0v) is 42.7. The number of fused-ring (bicyclic) bond motifs is 9. The van der Waals surface area contributed by atoms with E-state index in [-0.39, 0.29) is 23.0 Å². The number of benzene rings is 9. The van der Waals surface area contributed by atoms with Crippen molar-refractivity contribution in [3.05, 3.63) is 215 Å². The predicted molar refractivity (Wildman–Crippen MR) is 302 cm³/mol. The standard InChI is InChI=1S/C66H62BN3/c1-41-35-59-62-60(36-41)70(63-42(2)19-18-20-43(63)3)58-39-53-52-32-25-44-37-50(68(47-21-14-12-15-22-47)48-23-16-13-17-24-48)31-33-51(44)61(52)66(10,11)54(53)40-56(58)67(62)55-38-46(65(7,8)9)28-34-57(55)69(59)49-29-26-45(27-30-49)64(4,5)6/h12-40H,1-11H3. The first-order valence-electron chi connectivity index (χ1n) is 25.2. The fourth-order valence-electron chi connectivity index (χ4n) is 12.3. The average molecular weight is 908 g/mol. The molecule has 2 heterocycles. The molecule has 0 bridgehead atoms. The van der Waals surface area contributed by atoms with E-state index in [1.165, 1.54) is 111 Å². The Morgan fingerprint density at radius 3 is 1.70 bits per heavy atom. The summed E-state index contributed by atoms with van der Waals surface area (Å²) in [6.45, 7) is 25.7. The maximum absolute atomic E-state index is 2.64. The minimum Gasteiger partial charge on any atom is -0.311 e. The van der Waals surface area contributed by atoms with Crippen molar-refractivity contribution in [2.24, 2.45) is 0 Å². The molecule has 0 fully saturated rings. The van der Waals surface area contributed by atoms with Crippen LogP contribution in [0.1, 0.15) is 94.3 Å². The summed E-state index contributed by atoms with van der Waals surface area (Å²) >= 11 is 0. The Morgan fingerprint density at radius 1 is 0.471 bits per heavy atom. The first-order chi connectivity index (χ1) is 33.5. The summed E-state index contributed by atoms with van der Waals surface area (Å²) < 4.78 is 0. The highest BCUT2D eigenvalue weighted by atomic mass is 15.2. The Labute approximate surface area is 416 Å². The molecule has 0 atom stereocenters. The van der Waals surface area contributed by atoms with E-state index in [4.69, 9.17) is 0 Å². The summed E-state index contributed by atoms with van der Waals surface area (Å²) in [7, 11) is 0. The number of para-hydroxylation sites is 3. The smallest absolute Gasteiger partial charge is 0.252 e. The van der Waals surface area contributed by atoms with E-state index in [2.05, 4.69) is 267 Å². The van der Waals surface area contributed by atoms with Gasteiger partial charge in [-0.25, -0.2) is 0 Å². The lowest BCUT2D eigenvalue weighted by Crippen LogP contribution is -2.61. The van der Waals surface area contributed by atoms with Gasteiger partial charge in [0.1, 0.15) is 0 Å². The van der Waals surface area contributed by atoms with Crippen molar-refractivity contribution in [2.75, 3.05) is 14.7 Å². The molecule has 70 heavy (non-hydrogen) atoms. The summed E-state index contributed by atoms with van der Waals surface area (Å²) in [5, 5.41) is 2.55. The van der Waals surface area contributed by atoms with Crippen molar-refractivity contribution in [1.29, 1.82) is 0 Å². The number of anilines is 9. The Balaban J connectivity index is 1.11. The van der Waals surface area contributed by atoms with Gasteiger partial charge in [0.15, 0.2) is 0 Å². The third-order valence-corrected chi connectivity index (χ3v) is 15.7. The monoisotopic (exact) mass is 908 g/mol. The molecule has 0 spiro atoms. The SMILES string of the molecule is Cc1cc2c3c(c1)N(c1c(C)cccc1C)c1cc4c(cc1B3c1cc(C(C)(C)C)ccc1N2c1ccc(C(C)(C)C)cc1)C(C)(C)c1c-4ccc2cc(N(c3ccccc3)c3ccccc3)ccc12. The highest BCUT2D eigenvalue weighted by Gasteiger charge is 2.47. The van der Waals surface area contributed by atoms with Crippen LogP contribution < -0.4 is 31.1 Å². The van der Waals surface area contributed by atoms with Crippen molar-refractivity contribution >= 4 is 85.1 Å². The van der Waals surface area contributed by atoms with E-state index in [0.717, 1.165) is 17.1 Å². The maximum atomic E-state index is 2.64. The molecule has 0 unspecified atom stereocenters. The molecule has 3 nitrogen and oxygen atoms in total. The van der Waals surface area contributed by atoms with Crippen LogP contribution in [0.25, 0.3) is 21.9 Å². The van der Waals surface area contributed by atoms with Crippen LogP contribution in [-0.4, -0.2) is 6.71 Å². The Bertz CT molecular complexity index is 3510. The molecule has 1 aliphatic carbocycles. The lowest BCUT2D eigenvalue weighted by molar-refractivity contribution is 0.590. The third kappa shape index (κ3) is 6.70. The number of rotatable bonds is 5. The summed E-state index contributed by atoms with van der Waals surface area (Å²) in [5.74, 6) is 0. The molecule has 0 saturated heterocycles. The molecule has 344 valence electrons. The molecule has 2 aliphatic heterocycles. The average Bonchev–Trinajstić information content (AvgIpc) is 3.56. The quantitative estimate of drug-likeness (QED) is 0.159. The van der Waals surface area contributed by atoms with Crippen molar-refractivity contribution in [3.63, 3.8) is 0 Å². The van der Waals surface area contributed by atoms with Gasteiger partial charge in [-0.15, -0.1) is 0 Å². The number of nitrogens with zero attached hydrogens (tertiary/aromatic N) is 3. The van der Waals surface area contributed by atoms with Gasteiger partial charge < -0.3 is 14.7 Å². The molecule has 0 aromatic heterocycles. The fraction of sp³-hybridized carbons (Fsp3) is 0.212.